The maximum absolute atomic E-state index is 12.7. The second-order valence-electron chi connectivity index (χ2n) is 8.14. The fourth-order valence-corrected chi connectivity index (χ4v) is 4.25. The average Bonchev–Trinajstić information content (AvgIpc) is 2.96. The average molecular weight is 391 g/mol. The first-order valence-electron chi connectivity index (χ1n) is 9.74. The van der Waals surface area contributed by atoms with Crippen molar-refractivity contribution in [2.75, 3.05) is 37.4 Å². The minimum atomic E-state index is -0.165. The van der Waals surface area contributed by atoms with E-state index >= 15 is 0 Å². The lowest BCUT2D eigenvalue weighted by Gasteiger charge is -2.30. The van der Waals surface area contributed by atoms with Crippen LogP contribution in [0, 0.1) is 0 Å². The number of hydrogen-bond acceptors (Lipinski definition) is 5. The van der Waals surface area contributed by atoms with Gasteiger partial charge in [0.2, 0.25) is 11.8 Å². The van der Waals surface area contributed by atoms with Crippen LogP contribution in [0.3, 0.4) is 0 Å². The van der Waals surface area contributed by atoms with E-state index in [0.717, 1.165) is 23.5 Å². The molecule has 1 unspecified atom stereocenters. The van der Waals surface area contributed by atoms with Gasteiger partial charge in [0, 0.05) is 63.1 Å². The highest BCUT2D eigenvalue weighted by atomic mass is 16.2. The molecule has 4 heterocycles. The third-order valence-corrected chi connectivity index (χ3v) is 5.63. The Morgan fingerprint density at radius 1 is 1.38 bits per heavy atom. The van der Waals surface area contributed by atoms with Gasteiger partial charge in [-0.3, -0.25) is 9.59 Å². The third-order valence-electron chi connectivity index (χ3n) is 5.63. The van der Waals surface area contributed by atoms with E-state index < -0.39 is 0 Å². The van der Waals surface area contributed by atoms with Gasteiger partial charge in [0.25, 0.3) is 0 Å². The van der Waals surface area contributed by atoms with Crippen molar-refractivity contribution in [1.29, 1.82) is 0 Å². The Labute approximate surface area is 170 Å². The molecule has 0 saturated carbocycles. The van der Waals surface area contributed by atoms with Crippen LogP contribution in [-0.4, -0.2) is 53.9 Å². The summed E-state index contributed by atoms with van der Waals surface area (Å²) in [6, 6.07) is 6.02. The Morgan fingerprint density at radius 3 is 3.03 bits per heavy atom. The minimum Gasteiger partial charge on any atom is -0.358 e. The molecular weight excluding hydrogens is 366 g/mol. The molecule has 7 nitrogen and oxygen atoms in total. The van der Waals surface area contributed by atoms with Gasteiger partial charge in [-0.15, -0.1) is 0 Å². The van der Waals surface area contributed by atoms with E-state index in [9.17, 15) is 9.59 Å². The summed E-state index contributed by atoms with van der Waals surface area (Å²) in [7, 11) is 3.86. The molecule has 7 heteroatoms. The molecular formula is C22H25N5O2. The van der Waals surface area contributed by atoms with E-state index in [1.165, 1.54) is 5.56 Å². The highest BCUT2D eigenvalue weighted by Gasteiger charge is 2.39. The van der Waals surface area contributed by atoms with Crippen molar-refractivity contribution in [3.8, 4) is 0 Å². The van der Waals surface area contributed by atoms with Crippen LogP contribution in [0.4, 0.5) is 11.6 Å². The topological polar surface area (TPSA) is 78.4 Å². The molecule has 0 radical (unpaired) electrons. The van der Waals surface area contributed by atoms with Crippen LogP contribution < -0.4 is 10.2 Å². The van der Waals surface area contributed by atoms with Gasteiger partial charge in [0.15, 0.2) is 0 Å². The van der Waals surface area contributed by atoms with Crippen molar-refractivity contribution in [3.05, 3.63) is 53.4 Å². The number of rotatable bonds is 4. The lowest BCUT2D eigenvalue weighted by atomic mass is 9.85. The molecule has 0 aromatic carbocycles. The second-order valence-corrected chi connectivity index (χ2v) is 8.14. The third kappa shape index (κ3) is 3.72. The summed E-state index contributed by atoms with van der Waals surface area (Å²) in [6.07, 6.45) is 7.97. The summed E-state index contributed by atoms with van der Waals surface area (Å²) in [6.45, 7) is 3.60. The zero-order valence-electron chi connectivity index (χ0n) is 17.0. The number of hydrogen-bond donors (Lipinski definition) is 1. The summed E-state index contributed by atoms with van der Waals surface area (Å²) in [4.78, 5) is 36.8. The fraction of sp³-hybridized carbons (Fsp3) is 0.364. The Kier molecular flexibility index (Phi) is 4.82. The molecule has 2 aliphatic heterocycles. The Hall–Kier alpha value is -3.22. The Morgan fingerprint density at radius 2 is 2.21 bits per heavy atom. The first-order valence-corrected chi connectivity index (χ1v) is 9.74. The van der Waals surface area contributed by atoms with E-state index in [1.54, 1.807) is 29.4 Å². The summed E-state index contributed by atoms with van der Waals surface area (Å²) < 4.78 is 0. The second kappa shape index (κ2) is 7.31. The fourth-order valence-electron chi connectivity index (χ4n) is 4.25. The van der Waals surface area contributed by atoms with Gasteiger partial charge in [0.05, 0.1) is 0 Å². The maximum atomic E-state index is 12.7. The standard InChI is InChI=1S/C22H25N5O2/c1-22(14-27(3)21-17(22)5-4-10-23-21)13-26(2)19(29)9-6-15-11-16-7-8-18(28)25-20(16)24-12-15/h4-6,9-12H,7-8,13-14H2,1-3H3,(H,24,25,28)/b9-6+. The quantitative estimate of drug-likeness (QED) is 0.809. The van der Waals surface area contributed by atoms with Crippen molar-refractivity contribution in [2.24, 2.45) is 0 Å². The number of aryl methyl sites for hydroxylation is 1. The molecule has 0 fully saturated rings. The molecule has 2 amide bonds. The van der Waals surface area contributed by atoms with Crippen molar-refractivity contribution >= 4 is 29.5 Å². The number of anilines is 2. The normalized spacial score (nSPS) is 20.4. The summed E-state index contributed by atoms with van der Waals surface area (Å²) in [5, 5.41) is 2.77. The summed E-state index contributed by atoms with van der Waals surface area (Å²) in [5.74, 6) is 1.54. The predicted molar refractivity (Wildman–Crippen MR) is 113 cm³/mol. The van der Waals surface area contributed by atoms with Gasteiger partial charge in [-0.25, -0.2) is 9.97 Å². The SMILES string of the molecule is CN(CC1(C)CN(C)c2ncccc21)C(=O)/C=C/c1cnc2c(c1)CCC(=O)N2. The molecule has 29 heavy (non-hydrogen) atoms. The Bertz CT molecular complexity index is 1000. The number of aromatic nitrogens is 2. The molecule has 2 aromatic heterocycles. The number of amides is 2. The van der Waals surface area contributed by atoms with Crippen LogP contribution in [0.25, 0.3) is 6.08 Å². The Balaban J connectivity index is 1.45. The van der Waals surface area contributed by atoms with E-state index in [1.807, 2.05) is 26.2 Å². The van der Waals surface area contributed by atoms with Gasteiger partial charge in [-0.05, 0) is 35.8 Å². The number of fused-ring (bicyclic) bond motifs is 2. The van der Waals surface area contributed by atoms with Crippen molar-refractivity contribution < 1.29 is 9.59 Å². The molecule has 2 aromatic rings. The van der Waals surface area contributed by atoms with Gasteiger partial charge < -0.3 is 15.1 Å². The molecule has 0 spiro atoms. The molecule has 4 rings (SSSR count). The lowest BCUT2D eigenvalue weighted by molar-refractivity contribution is -0.125. The number of nitrogens with zero attached hydrogens (tertiary/aromatic N) is 4. The van der Waals surface area contributed by atoms with Crippen LogP contribution in [-0.2, 0) is 21.4 Å². The zero-order valence-corrected chi connectivity index (χ0v) is 17.0. The largest absolute Gasteiger partial charge is 0.358 e. The van der Waals surface area contributed by atoms with E-state index in [2.05, 4.69) is 33.2 Å². The van der Waals surface area contributed by atoms with E-state index in [0.29, 0.717) is 25.2 Å². The molecule has 1 atom stereocenters. The highest BCUT2D eigenvalue weighted by Crippen LogP contribution is 2.38. The van der Waals surface area contributed by atoms with Crippen LogP contribution in [0.5, 0.6) is 0 Å². The zero-order chi connectivity index (χ0) is 20.6. The van der Waals surface area contributed by atoms with Crippen LogP contribution in [0.1, 0.15) is 30.0 Å². The number of carbonyl (C=O) groups is 2. The van der Waals surface area contributed by atoms with Gasteiger partial charge in [-0.2, -0.15) is 0 Å². The van der Waals surface area contributed by atoms with Gasteiger partial charge in [-0.1, -0.05) is 13.0 Å². The van der Waals surface area contributed by atoms with Crippen LogP contribution >= 0.6 is 0 Å². The molecule has 1 N–H and O–H groups in total. The number of carbonyl (C=O) groups excluding carboxylic acids is 2. The first kappa shape index (κ1) is 19.1. The number of likely N-dealkylation sites (N-methyl/N-ethyl adjacent to an activating group) is 2. The first-order chi connectivity index (χ1) is 13.9. The maximum Gasteiger partial charge on any atom is 0.246 e. The summed E-state index contributed by atoms with van der Waals surface area (Å²) in [5.41, 5.74) is 2.86. The van der Waals surface area contributed by atoms with Gasteiger partial charge in [0.1, 0.15) is 11.6 Å². The molecule has 0 aliphatic carbocycles. The van der Waals surface area contributed by atoms with Crippen molar-refractivity contribution in [3.63, 3.8) is 0 Å². The lowest BCUT2D eigenvalue weighted by Crippen LogP contribution is -2.42. The number of pyridine rings is 2. The smallest absolute Gasteiger partial charge is 0.246 e. The highest BCUT2D eigenvalue weighted by molar-refractivity contribution is 5.93. The van der Waals surface area contributed by atoms with Crippen molar-refractivity contribution in [2.45, 2.75) is 25.2 Å². The summed E-state index contributed by atoms with van der Waals surface area (Å²) >= 11 is 0. The van der Waals surface area contributed by atoms with Gasteiger partial charge >= 0.3 is 0 Å². The van der Waals surface area contributed by atoms with Crippen molar-refractivity contribution in [1.82, 2.24) is 14.9 Å². The predicted octanol–water partition coefficient (Wildman–Crippen LogP) is 2.24. The minimum absolute atomic E-state index is 0.00655. The molecule has 0 bridgehead atoms. The molecule has 150 valence electrons. The van der Waals surface area contributed by atoms with Crippen LogP contribution in [0.2, 0.25) is 0 Å². The number of nitrogens with one attached hydrogen (secondary N) is 1. The molecule has 0 saturated heterocycles. The monoisotopic (exact) mass is 391 g/mol. The molecule has 2 aliphatic rings. The van der Waals surface area contributed by atoms with E-state index in [-0.39, 0.29) is 17.2 Å². The van der Waals surface area contributed by atoms with E-state index in [4.69, 9.17) is 0 Å². The van der Waals surface area contributed by atoms with Crippen LogP contribution in [0.15, 0.2) is 36.7 Å².